The van der Waals surface area contributed by atoms with Crippen LogP contribution in [0, 0.1) is 6.92 Å². The standard InChI is InChI=1S/C28H23ClN2O3S/c1-3-34-28(33)24-22(17-11-9-16(2)10-12-17)23-25(32)20-14-13-18(29)15-21(20)35-27(23)31(26(24)30)19-7-5-4-6-8-19/h4-15,22H,3,30H2,1-2H3. The van der Waals surface area contributed by atoms with E-state index in [1.54, 1.807) is 30.0 Å². The molecule has 0 spiro atoms. The van der Waals surface area contributed by atoms with E-state index in [2.05, 4.69) is 0 Å². The van der Waals surface area contributed by atoms with E-state index in [1.165, 1.54) is 11.3 Å². The molecule has 4 aromatic rings. The lowest BCUT2D eigenvalue weighted by molar-refractivity contribution is -0.138. The fourth-order valence-electron chi connectivity index (χ4n) is 4.47. The number of nitrogens with zero attached hydrogens (tertiary/aromatic N) is 1. The van der Waals surface area contributed by atoms with Gasteiger partial charge >= 0.3 is 5.97 Å². The maximum absolute atomic E-state index is 14.1. The molecular formula is C28H23ClN2O3S. The minimum Gasteiger partial charge on any atom is -0.463 e. The molecule has 176 valence electrons. The van der Waals surface area contributed by atoms with E-state index in [4.69, 9.17) is 22.1 Å². The van der Waals surface area contributed by atoms with Crippen LogP contribution in [0.2, 0.25) is 5.02 Å². The number of esters is 1. The van der Waals surface area contributed by atoms with Crippen LogP contribution in [0.5, 0.6) is 0 Å². The van der Waals surface area contributed by atoms with Crippen molar-refractivity contribution in [3.63, 3.8) is 0 Å². The average Bonchev–Trinajstić information content (AvgIpc) is 2.84. The number of para-hydroxylation sites is 1. The Hall–Kier alpha value is -3.61. The molecule has 0 amide bonds. The summed E-state index contributed by atoms with van der Waals surface area (Å²) in [5, 5.41) is 1.75. The van der Waals surface area contributed by atoms with Crippen molar-refractivity contribution in [3.05, 3.63) is 116 Å². The number of hydrogen-bond donors (Lipinski definition) is 1. The molecule has 5 nitrogen and oxygen atoms in total. The lowest BCUT2D eigenvalue weighted by Crippen LogP contribution is -2.37. The molecule has 1 atom stereocenters. The lowest BCUT2D eigenvalue weighted by Gasteiger charge is -2.36. The van der Waals surface area contributed by atoms with Crippen molar-refractivity contribution in [3.8, 4) is 0 Å². The van der Waals surface area contributed by atoms with Crippen molar-refractivity contribution in [2.75, 3.05) is 11.5 Å². The monoisotopic (exact) mass is 502 g/mol. The molecule has 1 aromatic heterocycles. The first-order chi connectivity index (χ1) is 16.9. The Bertz CT molecular complexity index is 1530. The Morgan fingerprint density at radius 1 is 1.09 bits per heavy atom. The summed E-state index contributed by atoms with van der Waals surface area (Å²) in [4.78, 5) is 29.2. The molecule has 0 fully saturated rings. The van der Waals surface area contributed by atoms with Gasteiger partial charge in [0.15, 0.2) is 5.43 Å². The number of rotatable bonds is 4. The summed E-state index contributed by atoms with van der Waals surface area (Å²) < 4.78 is 6.20. The van der Waals surface area contributed by atoms with Crippen molar-refractivity contribution in [2.24, 2.45) is 5.73 Å². The zero-order valence-corrected chi connectivity index (χ0v) is 20.8. The van der Waals surface area contributed by atoms with Gasteiger partial charge in [0, 0.05) is 26.4 Å². The van der Waals surface area contributed by atoms with Gasteiger partial charge in [-0.3, -0.25) is 9.69 Å². The topological polar surface area (TPSA) is 72.6 Å². The first-order valence-electron chi connectivity index (χ1n) is 11.3. The number of fused-ring (bicyclic) bond motifs is 2. The quantitative estimate of drug-likeness (QED) is 0.334. The van der Waals surface area contributed by atoms with Gasteiger partial charge in [-0.05, 0) is 49.7 Å². The zero-order valence-electron chi connectivity index (χ0n) is 19.2. The number of aryl methyl sites for hydroxylation is 1. The highest BCUT2D eigenvalue weighted by Gasteiger charge is 2.40. The minimum absolute atomic E-state index is 0.161. The fraction of sp³-hybridized carbons (Fsp3) is 0.143. The third-order valence-electron chi connectivity index (χ3n) is 6.09. The van der Waals surface area contributed by atoms with E-state index in [0.29, 0.717) is 21.0 Å². The summed E-state index contributed by atoms with van der Waals surface area (Å²) in [6.07, 6.45) is 0. The third-order valence-corrected chi connectivity index (χ3v) is 7.48. The van der Waals surface area contributed by atoms with E-state index in [-0.39, 0.29) is 23.4 Å². The Labute approximate surface area is 212 Å². The molecule has 5 rings (SSSR count). The van der Waals surface area contributed by atoms with E-state index in [1.807, 2.05) is 61.5 Å². The van der Waals surface area contributed by atoms with Gasteiger partial charge in [0.2, 0.25) is 0 Å². The first kappa shape index (κ1) is 23.1. The highest BCUT2D eigenvalue weighted by atomic mass is 35.5. The molecule has 35 heavy (non-hydrogen) atoms. The van der Waals surface area contributed by atoms with Crippen molar-refractivity contribution in [2.45, 2.75) is 19.8 Å². The predicted octanol–water partition coefficient (Wildman–Crippen LogP) is 6.24. The number of ether oxygens (including phenoxy) is 1. The highest BCUT2D eigenvalue weighted by molar-refractivity contribution is 7.22. The molecule has 0 aliphatic carbocycles. The summed E-state index contributed by atoms with van der Waals surface area (Å²) in [6.45, 7) is 3.93. The van der Waals surface area contributed by atoms with Crippen LogP contribution in [0.25, 0.3) is 10.1 Å². The molecule has 0 bridgehead atoms. The Morgan fingerprint density at radius 2 is 1.80 bits per heavy atom. The van der Waals surface area contributed by atoms with Gasteiger partial charge in [-0.1, -0.05) is 59.6 Å². The van der Waals surface area contributed by atoms with Gasteiger partial charge in [-0.2, -0.15) is 0 Å². The predicted molar refractivity (Wildman–Crippen MR) is 143 cm³/mol. The number of halogens is 1. The van der Waals surface area contributed by atoms with Gasteiger partial charge in [-0.15, -0.1) is 11.3 Å². The number of carbonyl (C=O) groups excluding carboxylic acids is 1. The van der Waals surface area contributed by atoms with Gasteiger partial charge in [-0.25, -0.2) is 4.79 Å². The Balaban J connectivity index is 1.91. The van der Waals surface area contributed by atoms with E-state index < -0.39 is 11.9 Å². The Kier molecular flexibility index (Phi) is 6.09. The Morgan fingerprint density at radius 3 is 2.49 bits per heavy atom. The van der Waals surface area contributed by atoms with Crippen LogP contribution in [0.15, 0.2) is 89.0 Å². The molecule has 1 unspecified atom stereocenters. The number of benzene rings is 3. The third kappa shape index (κ3) is 3.99. The van der Waals surface area contributed by atoms with Crippen LogP contribution in [0.4, 0.5) is 10.7 Å². The van der Waals surface area contributed by atoms with Crippen molar-refractivity contribution >= 4 is 49.7 Å². The molecule has 0 radical (unpaired) electrons. The summed E-state index contributed by atoms with van der Waals surface area (Å²) >= 11 is 7.70. The molecule has 2 heterocycles. The maximum Gasteiger partial charge on any atom is 0.338 e. The number of hydrogen-bond acceptors (Lipinski definition) is 6. The molecule has 1 aliphatic rings. The van der Waals surface area contributed by atoms with Crippen molar-refractivity contribution in [1.29, 1.82) is 0 Å². The number of nitrogens with two attached hydrogens (primary N) is 1. The van der Waals surface area contributed by atoms with Crippen molar-refractivity contribution in [1.82, 2.24) is 0 Å². The van der Waals surface area contributed by atoms with Crippen LogP contribution >= 0.6 is 22.9 Å². The van der Waals surface area contributed by atoms with Crippen LogP contribution in [-0.2, 0) is 9.53 Å². The SMILES string of the molecule is CCOC(=O)C1=C(N)N(c2ccccc2)c2sc3cc(Cl)ccc3c(=O)c2C1c1ccc(C)cc1. The second-order valence-corrected chi connectivity index (χ2v) is 9.79. The van der Waals surface area contributed by atoms with Crippen molar-refractivity contribution < 1.29 is 9.53 Å². The molecule has 2 N–H and O–H groups in total. The van der Waals surface area contributed by atoms with Crippen LogP contribution in [0.1, 0.15) is 29.5 Å². The first-order valence-corrected chi connectivity index (χ1v) is 12.4. The largest absolute Gasteiger partial charge is 0.463 e. The lowest BCUT2D eigenvalue weighted by atomic mass is 9.82. The summed E-state index contributed by atoms with van der Waals surface area (Å²) in [5.41, 5.74) is 9.97. The zero-order chi connectivity index (χ0) is 24.7. The van der Waals surface area contributed by atoms with Gasteiger partial charge < -0.3 is 10.5 Å². The molecule has 7 heteroatoms. The van der Waals surface area contributed by atoms with E-state index in [0.717, 1.165) is 21.5 Å². The molecular weight excluding hydrogens is 480 g/mol. The average molecular weight is 503 g/mol. The minimum atomic E-state index is -0.673. The maximum atomic E-state index is 14.1. The number of carbonyl (C=O) groups is 1. The summed E-state index contributed by atoms with van der Waals surface area (Å²) in [5.74, 6) is -0.971. The van der Waals surface area contributed by atoms with Crippen LogP contribution in [0.3, 0.4) is 0 Å². The molecule has 0 saturated heterocycles. The summed E-state index contributed by atoms with van der Waals surface area (Å²) in [7, 11) is 0. The number of anilines is 2. The summed E-state index contributed by atoms with van der Waals surface area (Å²) in [6, 6.07) is 22.5. The normalized spacial score (nSPS) is 15.3. The fourth-order valence-corrected chi connectivity index (χ4v) is 5.99. The highest BCUT2D eigenvalue weighted by Crippen LogP contribution is 2.48. The van der Waals surface area contributed by atoms with Gasteiger partial charge in [0.05, 0.1) is 18.1 Å². The van der Waals surface area contributed by atoms with E-state index in [9.17, 15) is 9.59 Å². The molecule has 1 aliphatic heterocycles. The van der Waals surface area contributed by atoms with Crippen LogP contribution in [-0.4, -0.2) is 12.6 Å². The second-order valence-electron chi connectivity index (χ2n) is 8.32. The smallest absolute Gasteiger partial charge is 0.338 e. The van der Waals surface area contributed by atoms with Crippen LogP contribution < -0.4 is 16.1 Å². The molecule has 0 saturated carbocycles. The van der Waals surface area contributed by atoms with Gasteiger partial charge in [0.25, 0.3) is 0 Å². The molecule has 3 aromatic carbocycles. The van der Waals surface area contributed by atoms with E-state index >= 15 is 0 Å². The second kappa shape index (κ2) is 9.21. The van der Waals surface area contributed by atoms with Gasteiger partial charge in [0.1, 0.15) is 10.8 Å².